The van der Waals surface area contributed by atoms with Crippen molar-refractivity contribution in [1.29, 1.82) is 0 Å². The van der Waals surface area contributed by atoms with Gasteiger partial charge < -0.3 is 5.11 Å². The lowest BCUT2D eigenvalue weighted by molar-refractivity contribution is -0.0120. The van der Waals surface area contributed by atoms with Crippen LogP contribution >= 0.6 is 15.9 Å². The summed E-state index contributed by atoms with van der Waals surface area (Å²) in [5, 5.41) is 15.0. The van der Waals surface area contributed by atoms with E-state index >= 15 is 0 Å². The number of aryl methyl sites for hydroxylation is 1. The SMILES string of the molecule is CCC1CCCC1(O)c1c(Br)cnn1C. The Kier molecular flexibility index (Phi) is 2.90. The molecule has 1 fully saturated rings. The van der Waals surface area contributed by atoms with E-state index < -0.39 is 5.60 Å². The van der Waals surface area contributed by atoms with Gasteiger partial charge in [0, 0.05) is 7.05 Å². The summed E-state index contributed by atoms with van der Waals surface area (Å²) < 4.78 is 2.71. The summed E-state index contributed by atoms with van der Waals surface area (Å²) in [6.45, 7) is 2.14. The maximum Gasteiger partial charge on any atom is 0.110 e. The minimum atomic E-state index is -0.682. The fraction of sp³-hybridized carbons (Fsp3) is 0.727. The molecule has 4 heteroatoms. The molecule has 0 radical (unpaired) electrons. The zero-order chi connectivity index (χ0) is 11.1. The second-order valence-electron chi connectivity index (χ2n) is 4.39. The van der Waals surface area contributed by atoms with Crippen molar-refractivity contribution in [2.75, 3.05) is 0 Å². The second kappa shape index (κ2) is 3.91. The molecule has 1 N–H and O–H groups in total. The van der Waals surface area contributed by atoms with Gasteiger partial charge in [-0.15, -0.1) is 0 Å². The molecule has 2 atom stereocenters. The predicted molar refractivity (Wildman–Crippen MR) is 62.4 cm³/mol. The molecular weight excluding hydrogens is 256 g/mol. The minimum Gasteiger partial charge on any atom is -0.383 e. The molecule has 1 heterocycles. The standard InChI is InChI=1S/C11H17BrN2O/c1-3-8-5-4-6-11(8,15)10-9(12)7-13-14(10)2/h7-8,15H,3-6H2,1-2H3. The molecule has 0 saturated heterocycles. The summed E-state index contributed by atoms with van der Waals surface area (Å²) in [6, 6.07) is 0. The fourth-order valence-electron chi connectivity index (χ4n) is 2.81. The third-order valence-electron chi connectivity index (χ3n) is 3.58. The molecule has 3 nitrogen and oxygen atoms in total. The highest BCUT2D eigenvalue weighted by Crippen LogP contribution is 2.46. The van der Waals surface area contributed by atoms with Crippen LogP contribution in [0.25, 0.3) is 0 Å². The van der Waals surface area contributed by atoms with Crippen molar-refractivity contribution in [2.24, 2.45) is 13.0 Å². The zero-order valence-electron chi connectivity index (χ0n) is 9.20. The van der Waals surface area contributed by atoms with Gasteiger partial charge in [0.25, 0.3) is 0 Å². The van der Waals surface area contributed by atoms with Crippen molar-refractivity contribution in [1.82, 2.24) is 9.78 Å². The summed E-state index contributed by atoms with van der Waals surface area (Å²) in [4.78, 5) is 0. The normalized spacial score (nSPS) is 31.1. The van der Waals surface area contributed by atoms with E-state index in [1.54, 1.807) is 10.9 Å². The lowest BCUT2D eigenvalue weighted by Gasteiger charge is -2.30. The van der Waals surface area contributed by atoms with Crippen LogP contribution in [0.5, 0.6) is 0 Å². The maximum atomic E-state index is 10.8. The third-order valence-corrected chi connectivity index (χ3v) is 4.16. The van der Waals surface area contributed by atoms with Crippen LogP contribution in [0, 0.1) is 5.92 Å². The largest absolute Gasteiger partial charge is 0.383 e. The van der Waals surface area contributed by atoms with E-state index in [1.165, 1.54) is 0 Å². The Morgan fingerprint density at radius 2 is 2.47 bits per heavy atom. The van der Waals surface area contributed by atoms with E-state index in [0.29, 0.717) is 5.92 Å². The Labute approximate surface area is 98.6 Å². The van der Waals surface area contributed by atoms with Crippen molar-refractivity contribution in [3.05, 3.63) is 16.4 Å². The van der Waals surface area contributed by atoms with Crippen molar-refractivity contribution in [3.8, 4) is 0 Å². The number of aromatic nitrogens is 2. The molecule has 0 aliphatic heterocycles. The molecule has 1 aromatic rings. The Bertz CT molecular complexity index is 344. The van der Waals surface area contributed by atoms with Crippen molar-refractivity contribution >= 4 is 15.9 Å². The molecule has 2 unspecified atom stereocenters. The molecule has 1 aliphatic carbocycles. The van der Waals surface area contributed by atoms with E-state index in [9.17, 15) is 5.11 Å². The first-order valence-electron chi connectivity index (χ1n) is 5.50. The van der Waals surface area contributed by atoms with Crippen LogP contribution < -0.4 is 0 Å². The van der Waals surface area contributed by atoms with Gasteiger partial charge in [0.05, 0.1) is 16.4 Å². The van der Waals surface area contributed by atoms with Crippen LogP contribution in [-0.4, -0.2) is 14.9 Å². The minimum absolute atomic E-state index is 0.365. The number of hydrogen-bond donors (Lipinski definition) is 1. The van der Waals surface area contributed by atoms with Gasteiger partial charge >= 0.3 is 0 Å². The van der Waals surface area contributed by atoms with Gasteiger partial charge in [-0.05, 0) is 41.1 Å². The highest BCUT2D eigenvalue weighted by atomic mass is 79.9. The molecule has 0 aromatic carbocycles. The second-order valence-corrected chi connectivity index (χ2v) is 5.24. The van der Waals surface area contributed by atoms with Gasteiger partial charge in [-0.25, -0.2) is 0 Å². The van der Waals surface area contributed by atoms with Gasteiger partial charge in [0.2, 0.25) is 0 Å². The first kappa shape index (κ1) is 11.1. The lowest BCUT2D eigenvalue weighted by atomic mass is 9.86. The van der Waals surface area contributed by atoms with Crippen molar-refractivity contribution < 1.29 is 5.11 Å². The van der Waals surface area contributed by atoms with Crippen LogP contribution in [0.3, 0.4) is 0 Å². The third kappa shape index (κ3) is 1.64. The van der Waals surface area contributed by atoms with Crippen molar-refractivity contribution in [2.45, 2.75) is 38.2 Å². The van der Waals surface area contributed by atoms with Crippen LogP contribution in [0.15, 0.2) is 10.7 Å². The molecule has 1 aliphatic rings. The summed E-state index contributed by atoms with van der Waals surface area (Å²) in [7, 11) is 1.89. The maximum absolute atomic E-state index is 10.8. The number of rotatable bonds is 2. The zero-order valence-corrected chi connectivity index (χ0v) is 10.8. The monoisotopic (exact) mass is 272 g/mol. The number of nitrogens with zero attached hydrogens (tertiary/aromatic N) is 2. The van der Waals surface area contributed by atoms with Crippen LogP contribution in [-0.2, 0) is 12.6 Å². The Hall–Kier alpha value is -0.350. The summed E-state index contributed by atoms with van der Waals surface area (Å²) >= 11 is 3.48. The first-order chi connectivity index (χ1) is 7.09. The predicted octanol–water partition coefficient (Wildman–Crippen LogP) is 2.58. The topological polar surface area (TPSA) is 38.1 Å². The van der Waals surface area contributed by atoms with E-state index in [0.717, 1.165) is 35.8 Å². The molecule has 0 spiro atoms. The highest BCUT2D eigenvalue weighted by Gasteiger charge is 2.44. The van der Waals surface area contributed by atoms with Crippen LogP contribution in [0.2, 0.25) is 0 Å². The molecular formula is C11H17BrN2O. The van der Waals surface area contributed by atoms with Gasteiger partial charge in [0.1, 0.15) is 5.60 Å². The fourth-order valence-corrected chi connectivity index (χ4v) is 3.50. The molecule has 15 heavy (non-hydrogen) atoms. The van der Waals surface area contributed by atoms with Crippen LogP contribution in [0.1, 0.15) is 38.3 Å². The molecule has 1 aromatic heterocycles. The summed E-state index contributed by atoms with van der Waals surface area (Å²) in [5.41, 5.74) is 0.255. The smallest absolute Gasteiger partial charge is 0.110 e. The average Bonchev–Trinajstić information content (AvgIpc) is 2.71. The quantitative estimate of drug-likeness (QED) is 0.899. The Morgan fingerprint density at radius 3 is 3.00 bits per heavy atom. The van der Waals surface area contributed by atoms with Gasteiger partial charge in [0.15, 0.2) is 0 Å². The number of aliphatic hydroxyl groups is 1. The average molecular weight is 273 g/mol. The molecule has 84 valence electrons. The van der Waals surface area contributed by atoms with E-state index in [4.69, 9.17) is 0 Å². The number of hydrogen-bond acceptors (Lipinski definition) is 2. The molecule has 0 bridgehead atoms. The van der Waals surface area contributed by atoms with E-state index in [1.807, 2.05) is 7.05 Å². The van der Waals surface area contributed by atoms with E-state index in [2.05, 4.69) is 28.0 Å². The van der Waals surface area contributed by atoms with Crippen molar-refractivity contribution in [3.63, 3.8) is 0 Å². The molecule has 2 rings (SSSR count). The Morgan fingerprint density at radius 1 is 1.73 bits per heavy atom. The van der Waals surface area contributed by atoms with Gasteiger partial charge in [-0.1, -0.05) is 13.3 Å². The van der Waals surface area contributed by atoms with Gasteiger partial charge in [-0.3, -0.25) is 4.68 Å². The van der Waals surface area contributed by atoms with Gasteiger partial charge in [-0.2, -0.15) is 5.10 Å². The van der Waals surface area contributed by atoms with E-state index in [-0.39, 0.29) is 0 Å². The summed E-state index contributed by atoms with van der Waals surface area (Å²) in [6.07, 6.45) is 5.85. The van der Waals surface area contributed by atoms with Crippen LogP contribution in [0.4, 0.5) is 0 Å². The highest BCUT2D eigenvalue weighted by molar-refractivity contribution is 9.10. The first-order valence-corrected chi connectivity index (χ1v) is 6.29. The lowest BCUT2D eigenvalue weighted by Crippen LogP contribution is -2.32. The molecule has 1 saturated carbocycles. The summed E-state index contributed by atoms with van der Waals surface area (Å²) in [5.74, 6) is 0.365. The number of halogens is 1. The Balaban J connectivity index is 2.44. The molecule has 0 amide bonds.